The fraction of sp³-hybridized carbons (Fsp3) is 0.364. The molecule has 2 heterocycles. The number of halogens is 3. The van der Waals surface area contributed by atoms with Crippen LogP contribution in [0.1, 0.15) is 5.56 Å². The molecule has 1 fully saturated rings. The zero-order valence-corrected chi connectivity index (χ0v) is 10.1. The predicted molar refractivity (Wildman–Crippen MR) is 60.8 cm³/mol. The van der Waals surface area contributed by atoms with Gasteiger partial charge in [0.2, 0.25) is 0 Å². The highest BCUT2D eigenvalue weighted by molar-refractivity contribution is 5.95. The SMILES string of the molecule is O=C(Cn1cc(C(F)(F)F)ccc1=O)N1CCNC1=O. The topological polar surface area (TPSA) is 71.4 Å². The number of rotatable bonds is 2. The van der Waals surface area contributed by atoms with Gasteiger partial charge in [0.1, 0.15) is 6.54 Å². The first-order valence-corrected chi connectivity index (χ1v) is 5.65. The Morgan fingerprint density at radius 1 is 1.30 bits per heavy atom. The summed E-state index contributed by atoms with van der Waals surface area (Å²) in [5.74, 6) is -0.735. The molecule has 1 aliphatic heterocycles. The van der Waals surface area contributed by atoms with Gasteiger partial charge in [0, 0.05) is 25.4 Å². The van der Waals surface area contributed by atoms with Gasteiger partial charge in [-0.05, 0) is 6.07 Å². The van der Waals surface area contributed by atoms with Crippen LogP contribution in [0.2, 0.25) is 0 Å². The lowest BCUT2D eigenvalue weighted by Crippen LogP contribution is -2.38. The third-order valence-corrected chi connectivity index (χ3v) is 2.77. The lowest BCUT2D eigenvalue weighted by Gasteiger charge is -2.14. The molecule has 0 aliphatic carbocycles. The van der Waals surface area contributed by atoms with Crippen molar-refractivity contribution >= 4 is 11.9 Å². The Labute approximate surface area is 110 Å². The number of aromatic nitrogens is 1. The van der Waals surface area contributed by atoms with E-state index in [4.69, 9.17) is 0 Å². The Balaban J connectivity index is 2.23. The highest BCUT2D eigenvalue weighted by Gasteiger charge is 2.32. The van der Waals surface area contributed by atoms with Crippen LogP contribution in [-0.2, 0) is 17.5 Å². The van der Waals surface area contributed by atoms with Crippen molar-refractivity contribution in [3.63, 3.8) is 0 Å². The number of pyridine rings is 1. The van der Waals surface area contributed by atoms with Crippen LogP contribution >= 0.6 is 0 Å². The molecule has 1 aromatic heterocycles. The van der Waals surface area contributed by atoms with E-state index in [2.05, 4.69) is 5.32 Å². The van der Waals surface area contributed by atoms with Crippen LogP contribution < -0.4 is 10.9 Å². The molecular weight excluding hydrogens is 279 g/mol. The van der Waals surface area contributed by atoms with Crippen LogP contribution in [0.15, 0.2) is 23.1 Å². The Morgan fingerprint density at radius 3 is 2.55 bits per heavy atom. The number of amides is 3. The van der Waals surface area contributed by atoms with Gasteiger partial charge in [0.15, 0.2) is 0 Å². The standard InChI is InChI=1S/C11H10F3N3O3/c12-11(13,14)7-1-2-8(18)16(5-7)6-9(19)17-4-3-15-10(17)20/h1-2,5H,3-4,6H2,(H,15,20). The minimum absolute atomic E-state index is 0.130. The molecule has 1 aliphatic rings. The highest BCUT2D eigenvalue weighted by Crippen LogP contribution is 2.27. The molecule has 1 saturated heterocycles. The zero-order chi connectivity index (χ0) is 14.9. The van der Waals surface area contributed by atoms with E-state index in [1.54, 1.807) is 0 Å². The smallest absolute Gasteiger partial charge is 0.336 e. The molecule has 0 aromatic carbocycles. The van der Waals surface area contributed by atoms with Crippen LogP contribution in [0.4, 0.5) is 18.0 Å². The van der Waals surface area contributed by atoms with Crippen molar-refractivity contribution < 1.29 is 22.8 Å². The van der Waals surface area contributed by atoms with Crippen molar-refractivity contribution in [2.45, 2.75) is 12.7 Å². The third kappa shape index (κ3) is 2.81. The van der Waals surface area contributed by atoms with Crippen molar-refractivity contribution in [3.8, 4) is 0 Å². The molecule has 1 N–H and O–H groups in total. The number of carbonyl (C=O) groups excluding carboxylic acids is 2. The number of hydrogen-bond acceptors (Lipinski definition) is 3. The molecule has 6 nitrogen and oxygen atoms in total. The summed E-state index contributed by atoms with van der Waals surface area (Å²) in [5, 5.41) is 2.39. The Morgan fingerprint density at radius 2 is 2.00 bits per heavy atom. The number of imide groups is 1. The molecular formula is C11H10F3N3O3. The van der Waals surface area contributed by atoms with Crippen molar-refractivity contribution in [2.75, 3.05) is 13.1 Å². The fourth-order valence-corrected chi connectivity index (χ4v) is 1.76. The lowest BCUT2D eigenvalue weighted by molar-refractivity contribution is -0.138. The van der Waals surface area contributed by atoms with Crippen LogP contribution in [0, 0.1) is 0 Å². The van der Waals surface area contributed by atoms with Crippen molar-refractivity contribution in [1.29, 1.82) is 0 Å². The van der Waals surface area contributed by atoms with Crippen LogP contribution in [0.25, 0.3) is 0 Å². The van der Waals surface area contributed by atoms with Gasteiger partial charge in [0.25, 0.3) is 11.5 Å². The zero-order valence-electron chi connectivity index (χ0n) is 10.1. The molecule has 0 saturated carbocycles. The number of nitrogens with zero attached hydrogens (tertiary/aromatic N) is 2. The van der Waals surface area contributed by atoms with Gasteiger partial charge in [-0.25, -0.2) is 4.79 Å². The van der Waals surface area contributed by atoms with E-state index in [0.717, 1.165) is 11.0 Å². The second-order valence-electron chi connectivity index (χ2n) is 4.16. The van der Waals surface area contributed by atoms with E-state index in [1.807, 2.05) is 0 Å². The Hall–Kier alpha value is -2.32. The molecule has 20 heavy (non-hydrogen) atoms. The number of nitrogens with one attached hydrogen (secondary N) is 1. The summed E-state index contributed by atoms with van der Waals surface area (Å²) in [7, 11) is 0. The number of carbonyl (C=O) groups is 2. The molecule has 0 spiro atoms. The second-order valence-corrected chi connectivity index (χ2v) is 4.16. The van der Waals surface area contributed by atoms with Gasteiger partial charge in [-0.3, -0.25) is 14.5 Å². The summed E-state index contributed by atoms with van der Waals surface area (Å²) < 4.78 is 38.2. The summed E-state index contributed by atoms with van der Waals surface area (Å²) >= 11 is 0. The molecule has 2 rings (SSSR count). The van der Waals surface area contributed by atoms with Crippen molar-refractivity contribution in [2.24, 2.45) is 0 Å². The first-order valence-electron chi connectivity index (χ1n) is 5.65. The fourth-order valence-electron chi connectivity index (χ4n) is 1.76. The number of hydrogen-bond donors (Lipinski definition) is 1. The maximum atomic E-state index is 12.5. The molecule has 0 radical (unpaired) electrons. The van der Waals surface area contributed by atoms with E-state index < -0.39 is 35.8 Å². The normalized spacial score (nSPS) is 15.3. The summed E-state index contributed by atoms with van der Waals surface area (Å²) in [5.41, 5.74) is -1.78. The van der Waals surface area contributed by atoms with Gasteiger partial charge >= 0.3 is 12.2 Å². The van der Waals surface area contributed by atoms with Gasteiger partial charge in [0.05, 0.1) is 5.56 Å². The minimum Gasteiger partial charge on any atom is -0.336 e. The van der Waals surface area contributed by atoms with E-state index in [9.17, 15) is 27.6 Å². The quantitative estimate of drug-likeness (QED) is 0.857. The molecule has 0 bridgehead atoms. The lowest BCUT2D eigenvalue weighted by atomic mass is 10.2. The molecule has 3 amide bonds. The Kier molecular flexibility index (Phi) is 3.51. The van der Waals surface area contributed by atoms with Crippen LogP contribution in [0.5, 0.6) is 0 Å². The van der Waals surface area contributed by atoms with E-state index in [-0.39, 0.29) is 13.1 Å². The first-order chi connectivity index (χ1) is 9.29. The van der Waals surface area contributed by atoms with Crippen LogP contribution in [0.3, 0.4) is 0 Å². The second kappa shape index (κ2) is 4.99. The molecule has 0 unspecified atom stereocenters. The minimum atomic E-state index is -4.61. The molecule has 108 valence electrons. The van der Waals surface area contributed by atoms with Gasteiger partial charge < -0.3 is 9.88 Å². The van der Waals surface area contributed by atoms with E-state index >= 15 is 0 Å². The number of alkyl halides is 3. The summed E-state index contributed by atoms with van der Waals surface area (Å²) in [6, 6.07) is 0.765. The summed E-state index contributed by atoms with van der Waals surface area (Å²) in [4.78, 5) is 35.3. The van der Waals surface area contributed by atoms with Gasteiger partial charge in [-0.2, -0.15) is 13.2 Å². The predicted octanol–water partition coefficient (Wildman–Crippen LogP) is 0.419. The van der Waals surface area contributed by atoms with Gasteiger partial charge in [-0.15, -0.1) is 0 Å². The Bertz CT molecular complexity index is 609. The average Bonchev–Trinajstić information content (AvgIpc) is 2.77. The summed E-state index contributed by atoms with van der Waals surface area (Å²) in [6.45, 7) is -0.205. The summed E-state index contributed by atoms with van der Waals surface area (Å²) in [6.07, 6.45) is -4.04. The molecule has 1 aromatic rings. The van der Waals surface area contributed by atoms with E-state index in [1.165, 1.54) is 0 Å². The largest absolute Gasteiger partial charge is 0.417 e. The van der Waals surface area contributed by atoms with E-state index in [0.29, 0.717) is 16.8 Å². The van der Waals surface area contributed by atoms with Crippen molar-refractivity contribution in [3.05, 3.63) is 34.2 Å². The maximum absolute atomic E-state index is 12.5. The van der Waals surface area contributed by atoms with Gasteiger partial charge in [-0.1, -0.05) is 0 Å². The van der Waals surface area contributed by atoms with Crippen molar-refractivity contribution in [1.82, 2.24) is 14.8 Å². The van der Waals surface area contributed by atoms with Crippen LogP contribution in [-0.4, -0.2) is 34.5 Å². The maximum Gasteiger partial charge on any atom is 0.417 e. The first kappa shape index (κ1) is 14.1. The number of urea groups is 1. The third-order valence-electron chi connectivity index (χ3n) is 2.77. The average molecular weight is 289 g/mol. The molecule has 0 atom stereocenters. The highest BCUT2D eigenvalue weighted by atomic mass is 19.4. The monoisotopic (exact) mass is 289 g/mol. The molecule has 9 heteroatoms.